The molecule has 0 rings (SSSR count). The van der Waals surface area contributed by atoms with E-state index in [4.69, 9.17) is 4.89 Å². The van der Waals surface area contributed by atoms with E-state index in [0.717, 1.165) is 0 Å². The molecule has 0 bridgehead atoms. The van der Waals surface area contributed by atoms with Crippen molar-refractivity contribution in [1.29, 1.82) is 0 Å². The molecular formula is CH4IOP. The van der Waals surface area contributed by atoms with Gasteiger partial charge in [-0.2, -0.15) is 0 Å². The van der Waals surface area contributed by atoms with Gasteiger partial charge in [0.05, 0.1) is 5.79 Å². The van der Waals surface area contributed by atoms with E-state index in [1.165, 1.54) is 0 Å². The largest absolute Gasteiger partial charge is 0.363 e. The lowest BCUT2D eigenvalue weighted by atomic mass is 12.0. The Morgan fingerprint density at radius 3 is 2.00 bits per heavy atom. The number of halogens is 1. The molecule has 0 fully saturated rings. The van der Waals surface area contributed by atoms with Crippen molar-refractivity contribution >= 4 is 27.8 Å². The highest BCUT2D eigenvalue weighted by Crippen LogP contribution is 2.33. The third-order valence-electron chi connectivity index (χ3n) is 0. The van der Waals surface area contributed by atoms with Gasteiger partial charge in [0.25, 0.3) is 0 Å². The monoisotopic (exact) mass is 190 g/mol. The summed E-state index contributed by atoms with van der Waals surface area (Å²) in [4.78, 5) is 8.11. The second kappa shape index (κ2) is 2.36. The highest BCUT2D eigenvalue weighted by atomic mass is 127. The fourth-order valence-corrected chi connectivity index (χ4v) is 0. The first-order valence-corrected chi connectivity index (χ1v) is 5.34. The molecule has 0 aromatic rings. The van der Waals surface area contributed by atoms with E-state index in [2.05, 4.69) is 0 Å². The quantitative estimate of drug-likeness (QED) is 0.451. The molecule has 4 heavy (non-hydrogen) atoms. The molecule has 0 aliphatic carbocycles. The van der Waals surface area contributed by atoms with Gasteiger partial charge in [-0.3, -0.25) is 0 Å². The second-order valence-corrected chi connectivity index (χ2v) is 5.52. The van der Waals surface area contributed by atoms with Crippen LogP contribution in [0.5, 0.6) is 0 Å². The Labute approximate surface area is 39.7 Å². The lowest BCUT2D eigenvalue weighted by molar-refractivity contribution is 0.649. The van der Waals surface area contributed by atoms with E-state index < -0.39 is 5.79 Å². The summed E-state index contributed by atoms with van der Waals surface area (Å²) in [7, 11) is 0. The molecule has 1 atom stereocenters. The molecular weight excluding hydrogens is 186 g/mol. The van der Waals surface area contributed by atoms with E-state index >= 15 is 0 Å². The standard InChI is InChI=1S/CH4IOP/c1-4(2)3/h3H,1H3. The maximum absolute atomic E-state index is 8.11. The minimum atomic E-state index is -0.650. The lowest BCUT2D eigenvalue weighted by Crippen LogP contribution is -1.37. The van der Waals surface area contributed by atoms with E-state index in [0.29, 0.717) is 0 Å². The summed E-state index contributed by atoms with van der Waals surface area (Å²) in [5, 5.41) is 0. The van der Waals surface area contributed by atoms with Crippen molar-refractivity contribution in [2.75, 3.05) is 6.66 Å². The molecule has 0 aromatic carbocycles. The van der Waals surface area contributed by atoms with Gasteiger partial charge >= 0.3 is 0 Å². The zero-order valence-corrected chi connectivity index (χ0v) is 5.32. The zero-order valence-electron chi connectivity index (χ0n) is 2.27. The molecule has 0 heterocycles. The predicted octanol–water partition coefficient (Wildman–Crippen LogP) is 1.36. The average molecular weight is 190 g/mol. The smallest absolute Gasteiger partial charge is 0.0861 e. The SMILES string of the molecule is CP(O)I. The van der Waals surface area contributed by atoms with Crippen molar-refractivity contribution in [3.05, 3.63) is 0 Å². The Hall–Kier alpha value is 1.12. The maximum Gasteiger partial charge on any atom is 0.0861 e. The van der Waals surface area contributed by atoms with E-state index in [9.17, 15) is 0 Å². The van der Waals surface area contributed by atoms with Gasteiger partial charge in [-0.1, -0.05) is 0 Å². The first kappa shape index (κ1) is 5.12. The van der Waals surface area contributed by atoms with Gasteiger partial charge in [-0.25, -0.2) is 0 Å². The molecule has 1 unspecified atom stereocenters. The first-order valence-electron chi connectivity index (χ1n) is 0.816. The van der Waals surface area contributed by atoms with Crippen LogP contribution in [0.4, 0.5) is 0 Å². The molecule has 3 heteroatoms. The van der Waals surface area contributed by atoms with Crippen LogP contribution in [0, 0.1) is 0 Å². The van der Waals surface area contributed by atoms with Crippen molar-refractivity contribution < 1.29 is 4.89 Å². The molecule has 0 saturated carbocycles. The summed E-state index contributed by atoms with van der Waals surface area (Å²) in [6.45, 7) is 1.77. The van der Waals surface area contributed by atoms with Gasteiger partial charge in [0.1, 0.15) is 0 Å². The summed E-state index contributed by atoms with van der Waals surface area (Å²) in [6, 6.07) is 0. The third kappa shape index (κ3) is 11.2. The summed E-state index contributed by atoms with van der Waals surface area (Å²) >= 11 is 1.96. The molecule has 0 spiro atoms. The van der Waals surface area contributed by atoms with Crippen LogP contribution in [0.15, 0.2) is 0 Å². The highest BCUT2D eigenvalue weighted by Gasteiger charge is 1.72. The second-order valence-electron chi connectivity index (χ2n) is 0.445. The van der Waals surface area contributed by atoms with Crippen molar-refractivity contribution in [2.24, 2.45) is 0 Å². The molecule has 0 aliphatic rings. The predicted molar refractivity (Wildman–Crippen MR) is 29.1 cm³/mol. The molecule has 1 nitrogen and oxygen atoms in total. The number of hydrogen-bond donors (Lipinski definition) is 1. The van der Waals surface area contributed by atoms with Crippen LogP contribution < -0.4 is 0 Å². The summed E-state index contributed by atoms with van der Waals surface area (Å²) in [5.41, 5.74) is 0. The van der Waals surface area contributed by atoms with E-state index in [1.54, 1.807) is 6.66 Å². The molecule has 0 radical (unpaired) electrons. The summed E-state index contributed by atoms with van der Waals surface area (Å²) in [5.74, 6) is -0.650. The molecule has 1 N–H and O–H groups in total. The van der Waals surface area contributed by atoms with Crippen molar-refractivity contribution in [1.82, 2.24) is 0 Å². The average Bonchev–Trinajstić information content (AvgIpc) is 0.811. The van der Waals surface area contributed by atoms with Crippen LogP contribution in [0.1, 0.15) is 0 Å². The van der Waals surface area contributed by atoms with Gasteiger partial charge in [0, 0.05) is 0 Å². The fourth-order valence-electron chi connectivity index (χ4n) is 0. The van der Waals surface area contributed by atoms with Gasteiger partial charge in [0.15, 0.2) is 0 Å². The minimum Gasteiger partial charge on any atom is -0.363 e. The summed E-state index contributed by atoms with van der Waals surface area (Å²) in [6.07, 6.45) is 0. The van der Waals surface area contributed by atoms with Gasteiger partial charge < -0.3 is 4.89 Å². The fraction of sp³-hybridized carbons (Fsp3) is 1.00. The zero-order chi connectivity index (χ0) is 3.58. The van der Waals surface area contributed by atoms with Gasteiger partial charge in [0.2, 0.25) is 0 Å². The van der Waals surface area contributed by atoms with Crippen LogP contribution in [0.25, 0.3) is 0 Å². The number of rotatable bonds is 0. The molecule has 0 saturated heterocycles. The van der Waals surface area contributed by atoms with E-state index in [1.807, 2.05) is 22.0 Å². The van der Waals surface area contributed by atoms with Crippen LogP contribution in [0.3, 0.4) is 0 Å². The molecule has 26 valence electrons. The lowest BCUT2D eigenvalue weighted by Gasteiger charge is -1.77. The van der Waals surface area contributed by atoms with Gasteiger partial charge in [-0.15, -0.1) is 0 Å². The van der Waals surface area contributed by atoms with E-state index in [-0.39, 0.29) is 0 Å². The van der Waals surface area contributed by atoms with Crippen LogP contribution in [-0.2, 0) is 0 Å². The minimum absolute atomic E-state index is 0.650. The van der Waals surface area contributed by atoms with Crippen LogP contribution >= 0.6 is 27.8 Å². The van der Waals surface area contributed by atoms with Crippen molar-refractivity contribution in [3.8, 4) is 0 Å². The Bertz CT molecular complexity index is 12.8. The third-order valence-corrected chi connectivity index (χ3v) is 0. The Morgan fingerprint density at radius 2 is 2.00 bits per heavy atom. The Balaban J connectivity index is 2.32. The number of hydrogen-bond acceptors (Lipinski definition) is 1. The maximum atomic E-state index is 8.11. The van der Waals surface area contributed by atoms with Crippen molar-refractivity contribution in [3.63, 3.8) is 0 Å². The molecule has 0 aliphatic heterocycles. The van der Waals surface area contributed by atoms with Crippen LogP contribution in [-0.4, -0.2) is 11.6 Å². The normalized spacial score (nSPS) is 15.8. The Kier molecular flexibility index (Phi) is 3.02. The topological polar surface area (TPSA) is 20.2 Å². The highest BCUT2D eigenvalue weighted by molar-refractivity contribution is 14.2. The molecule has 0 aromatic heterocycles. The first-order chi connectivity index (χ1) is 1.73. The summed E-state index contributed by atoms with van der Waals surface area (Å²) < 4.78 is 0. The van der Waals surface area contributed by atoms with Crippen molar-refractivity contribution in [2.45, 2.75) is 0 Å². The molecule has 0 amide bonds. The van der Waals surface area contributed by atoms with Gasteiger partial charge in [-0.05, 0) is 28.7 Å². The Morgan fingerprint density at radius 1 is 2.00 bits per heavy atom. The van der Waals surface area contributed by atoms with Crippen LogP contribution in [0.2, 0.25) is 0 Å².